The van der Waals surface area contributed by atoms with Gasteiger partial charge in [-0.2, -0.15) is 0 Å². The number of nitrogens with zero attached hydrogens (tertiary/aromatic N) is 2. The van der Waals surface area contributed by atoms with Gasteiger partial charge in [0.15, 0.2) is 5.69 Å². The van der Waals surface area contributed by atoms with E-state index in [2.05, 4.69) is 15.2 Å². The van der Waals surface area contributed by atoms with Crippen LogP contribution in [-0.4, -0.2) is 47.1 Å². The molecule has 0 bridgehead atoms. The van der Waals surface area contributed by atoms with E-state index in [1.54, 1.807) is 6.07 Å². The molecule has 1 saturated heterocycles. The minimum atomic E-state index is -0.317. The van der Waals surface area contributed by atoms with Gasteiger partial charge in [-0.25, -0.2) is 4.98 Å². The molecule has 0 spiro atoms. The minimum Gasteiger partial charge on any atom is -0.505 e. The van der Waals surface area contributed by atoms with Crippen LogP contribution in [0, 0.1) is 0 Å². The predicted molar refractivity (Wildman–Crippen MR) is 63.9 cm³/mol. The van der Waals surface area contributed by atoms with Crippen LogP contribution in [0.25, 0.3) is 0 Å². The molecule has 1 aliphatic rings. The van der Waals surface area contributed by atoms with E-state index in [9.17, 15) is 9.90 Å². The number of amides is 1. The third kappa shape index (κ3) is 3.17. The molecule has 1 aromatic heterocycles. The second-order valence-electron chi connectivity index (χ2n) is 4.18. The molecule has 2 N–H and O–H groups in total. The zero-order valence-electron chi connectivity index (χ0n) is 9.72. The Kier molecular flexibility index (Phi) is 3.93. The van der Waals surface area contributed by atoms with E-state index >= 15 is 0 Å². The number of likely N-dealkylation sites (tertiary alicyclic amines) is 1. The molecule has 1 aliphatic heterocycles. The summed E-state index contributed by atoms with van der Waals surface area (Å²) < 4.78 is 0. The lowest BCUT2D eigenvalue weighted by molar-refractivity contribution is 0.0942. The number of carbonyl (C=O) groups excluding carboxylic acids is 1. The van der Waals surface area contributed by atoms with E-state index < -0.39 is 0 Å². The molecule has 17 heavy (non-hydrogen) atoms. The van der Waals surface area contributed by atoms with E-state index in [1.807, 2.05) is 0 Å². The minimum absolute atomic E-state index is 0.0776. The first-order chi connectivity index (χ1) is 8.27. The van der Waals surface area contributed by atoms with Crippen molar-refractivity contribution in [2.75, 3.05) is 26.2 Å². The summed E-state index contributed by atoms with van der Waals surface area (Å²) >= 11 is 0. The lowest BCUT2D eigenvalue weighted by Crippen LogP contribution is -2.33. The van der Waals surface area contributed by atoms with Crippen molar-refractivity contribution in [3.8, 4) is 5.75 Å². The molecule has 0 aromatic carbocycles. The maximum Gasteiger partial charge on any atom is 0.273 e. The molecule has 0 aliphatic carbocycles. The first kappa shape index (κ1) is 11.9. The highest BCUT2D eigenvalue weighted by molar-refractivity contribution is 5.94. The standard InChI is InChI=1S/C12H17N3O2/c16-10-4-3-5-13-11(10)12(17)14-6-9-15-7-1-2-8-15/h3-5,16H,1-2,6-9H2,(H,14,17). The van der Waals surface area contributed by atoms with E-state index in [1.165, 1.54) is 25.1 Å². The van der Waals surface area contributed by atoms with Crippen LogP contribution in [0.1, 0.15) is 23.3 Å². The summed E-state index contributed by atoms with van der Waals surface area (Å²) in [6.45, 7) is 3.68. The molecule has 0 atom stereocenters. The monoisotopic (exact) mass is 235 g/mol. The summed E-state index contributed by atoms with van der Waals surface area (Å²) in [6.07, 6.45) is 3.99. The van der Waals surface area contributed by atoms with Crippen molar-refractivity contribution in [1.29, 1.82) is 0 Å². The Bertz CT molecular complexity index is 389. The Hall–Kier alpha value is -1.62. The molecule has 92 valence electrons. The van der Waals surface area contributed by atoms with Crippen molar-refractivity contribution in [2.45, 2.75) is 12.8 Å². The highest BCUT2D eigenvalue weighted by Gasteiger charge is 2.13. The van der Waals surface area contributed by atoms with E-state index in [0.717, 1.165) is 19.6 Å². The summed E-state index contributed by atoms with van der Waals surface area (Å²) in [7, 11) is 0. The zero-order chi connectivity index (χ0) is 12.1. The van der Waals surface area contributed by atoms with Gasteiger partial charge in [-0.15, -0.1) is 0 Å². The maximum atomic E-state index is 11.7. The van der Waals surface area contributed by atoms with Gasteiger partial charge >= 0.3 is 0 Å². The summed E-state index contributed by atoms with van der Waals surface area (Å²) in [6, 6.07) is 3.05. The Morgan fingerprint density at radius 2 is 2.24 bits per heavy atom. The first-order valence-corrected chi connectivity index (χ1v) is 5.92. The van der Waals surface area contributed by atoms with Crippen molar-refractivity contribution in [3.63, 3.8) is 0 Å². The Balaban J connectivity index is 1.79. The van der Waals surface area contributed by atoms with Gasteiger partial charge < -0.3 is 15.3 Å². The highest BCUT2D eigenvalue weighted by Crippen LogP contribution is 2.11. The van der Waals surface area contributed by atoms with Crippen LogP contribution < -0.4 is 5.32 Å². The largest absolute Gasteiger partial charge is 0.505 e. The van der Waals surface area contributed by atoms with Crippen LogP contribution in [0.2, 0.25) is 0 Å². The second kappa shape index (κ2) is 5.63. The fourth-order valence-corrected chi connectivity index (χ4v) is 1.99. The molecule has 1 amide bonds. The van der Waals surface area contributed by atoms with Crippen molar-refractivity contribution in [2.24, 2.45) is 0 Å². The number of rotatable bonds is 4. The average Bonchev–Trinajstić information content (AvgIpc) is 2.82. The molecule has 2 heterocycles. The van der Waals surface area contributed by atoms with Crippen LogP contribution in [0.5, 0.6) is 5.75 Å². The summed E-state index contributed by atoms with van der Waals surface area (Å²) in [5, 5.41) is 12.2. The van der Waals surface area contributed by atoms with Crippen LogP contribution in [0.3, 0.4) is 0 Å². The lowest BCUT2D eigenvalue weighted by atomic mass is 10.3. The maximum absolute atomic E-state index is 11.7. The number of aromatic nitrogens is 1. The van der Waals surface area contributed by atoms with Gasteiger partial charge in [0.1, 0.15) is 5.75 Å². The molecule has 0 radical (unpaired) electrons. The normalized spacial score (nSPS) is 16.0. The number of aromatic hydroxyl groups is 1. The van der Waals surface area contributed by atoms with Gasteiger partial charge in [-0.3, -0.25) is 4.79 Å². The molecule has 0 unspecified atom stereocenters. The molecule has 5 heteroatoms. The number of carbonyl (C=O) groups is 1. The average molecular weight is 235 g/mol. The molecular weight excluding hydrogens is 218 g/mol. The Morgan fingerprint density at radius 1 is 1.47 bits per heavy atom. The summed E-state index contributed by atoms with van der Waals surface area (Å²) in [4.78, 5) is 17.9. The van der Waals surface area contributed by atoms with Gasteiger partial charge in [0.05, 0.1) is 0 Å². The van der Waals surface area contributed by atoms with Crippen molar-refractivity contribution < 1.29 is 9.90 Å². The van der Waals surface area contributed by atoms with Crippen LogP contribution >= 0.6 is 0 Å². The van der Waals surface area contributed by atoms with Gasteiger partial charge in [0.25, 0.3) is 5.91 Å². The fraction of sp³-hybridized carbons (Fsp3) is 0.500. The van der Waals surface area contributed by atoms with Crippen molar-refractivity contribution in [3.05, 3.63) is 24.0 Å². The number of nitrogens with one attached hydrogen (secondary N) is 1. The van der Waals surface area contributed by atoms with E-state index in [-0.39, 0.29) is 17.4 Å². The molecule has 0 saturated carbocycles. The van der Waals surface area contributed by atoms with Crippen LogP contribution in [0.4, 0.5) is 0 Å². The lowest BCUT2D eigenvalue weighted by Gasteiger charge is -2.14. The summed E-state index contributed by atoms with van der Waals surface area (Å²) in [5.41, 5.74) is 0.0916. The van der Waals surface area contributed by atoms with Gasteiger partial charge in [0.2, 0.25) is 0 Å². The molecule has 5 nitrogen and oxygen atoms in total. The highest BCUT2D eigenvalue weighted by atomic mass is 16.3. The van der Waals surface area contributed by atoms with E-state index in [0.29, 0.717) is 6.54 Å². The van der Waals surface area contributed by atoms with Gasteiger partial charge in [-0.05, 0) is 38.1 Å². The van der Waals surface area contributed by atoms with E-state index in [4.69, 9.17) is 0 Å². The van der Waals surface area contributed by atoms with Gasteiger partial charge in [-0.1, -0.05) is 0 Å². The third-order valence-corrected chi connectivity index (χ3v) is 2.91. The number of hydrogen-bond acceptors (Lipinski definition) is 4. The number of hydrogen-bond donors (Lipinski definition) is 2. The molecule has 1 fully saturated rings. The fourth-order valence-electron chi connectivity index (χ4n) is 1.99. The third-order valence-electron chi connectivity index (χ3n) is 2.91. The topological polar surface area (TPSA) is 65.5 Å². The Morgan fingerprint density at radius 3 is 2.94 bits per heavy atom. The molecular formula is C12H17N3O2. The Labute approximate surface area is 100 Å². The second-order valence-corrected chi connectivity index (χ2v) is 4.18. The smallest absolute Gasteiger partial charge is 0.273 e. The molecule has 2 rings (SSSR count). The summed E-state index contributed by atoms with van der Waals surface area (Å²) in [5.74, 6) is -0.395. The first-order valence-electron chi connectivity index (χ1n) is 5.92. The number of pyridine rings is 1. The van der Waals surface area contributed by atoms with Crippen molar-refractivity contribution in [1.82, 2.24) is 15.2 Å². The molecule has 1 aromatic rings. The SMILES string of the molecule is O=C(NCCN1CCCC1)c1ncccc1O. The predicted octanol–water partition coefficient (Wildman–Crippen LogP) is 0.613. The van der Waals surface area contributed by atoms with Gasteiger partial charge in [0, 0.05) is 19.3 Å². The van der Waals surface area contributed by atoms with Crippen molar-refractivity contribution >= 4 is 5.91 Å². The van der Waals surface area contributed by atoms with Crippen LogP contribution in [0.15, 0.2) is 18.3 Å². The van der Waals surface area contributed by atoms with Crippen LogP contribution in [-0.2, 0) is 0 Å². The zero-order valence-corrected chi connectivity index (χ0v) is 9.72. The quantitative estimate of drug-likeness (QED) is 0.802.